The zero-order chi connectivity index (χ0) is 20.4. The van der Waals surface area contributed by atoms with Gasteiger partial charge in [0, 0.05) is 29.1 Å². The highest BCUT2D eigenvalue weighted by Gasteiger charge is 2.28. The molecule has 1 aromatic carbocycles. The Morgan fingerprint density at radius 2 is 1.93 bits per heavy atom. The van der Waals surface area contributed by atoms with Crippen molar-refractivity contribution in [3.63, 3.8) is 0 Å². The Hall–Kier alpha value is -2.85. The predicted molar refractivity (Wildman–Crippen MR) is 98.6 cm³/mol. The van der Waals surface area contributed by atoms with Crippen molar-refractivity contribution < 1.29 is 17.6 Å². The molecule has 0 radical (unpaired) electrons. The summed E-state index contributed by atoms with van der Waals surface area (Å²) < 4.78 is 50.4. The van der Waals surface area contributed by atoms with E-state index in [0.29, 0.717) is 27.3 Å². The van der Waals surface area contributed by atoms with Crippen molar-refractivity contribution in [3.8, 4) is 23.0 Å². The largest absolute Gasteiger partial charge is 0.407 e. The first-order valence-corrected chi connectivity index (χ1v) is 8.24. The summed E-state index contributed by atoms with van der Waals surface area (Å²) in [6.45, 7) is 4.29. The average molecular weight is 379 g/mol. The van der Waals surface area contributed by atoms with Crippen molar-refractivity contribution in [2.45, 2.75) is 26.9 Å². The number of benzene rings is 1. The van der Waals surface area contributed by atoms with E-state index < -0.39 is 18.7 Å². The van der Waals surface area contributed by atoms with Crippen molar-refractivity contribution in [1.29, 1.82) is 0 Å². The Balaban J connectivity index is 0.00000176. The average Bonchev–Trinajstić information content (AvgIpc) is 2.61. The highest BCUT2D eigenvalue weighted by Crippen LogP contribution is 2.22. The summed E-state index contributed by atoms with van der Waals surface area (Å²) in [5.41, 5.74) is 1.91. The smallest absolute Gasteiger partial charge is 0.308 e. The van der Waals surface area contributed by atoms with Crippen LogP contribution in [0.15, 0.2) is 54.4 Å². The molecule has 27 heavy (non-hydrogen) atoms. The molecule has 2 aromatic rings. The summed E-state index contributed by atoms with van der Waals surface area (Å²) >= 11 is 0. The van der Waals surface area contributed by atoms with Crippen LogP contribution in [0.2, 0.25) is 0 Å². The first-order valence-electron chi connectivity index (χ1n) is 8.24. The molecular weight excluding hydrogens is 358 g/mol. The summed E-state index contributed by atoms with van der Waals surface area (Å²) in [6.07, 6.45) is -1.91. The fraction of sp³-hybridized carbons (Fsp3) is 0.250. The fourth-order valence-corrected chi connectivity index (χ4v) is 2.07. The summed E-state index contributed by atoms with van der Waals surface area (Å²) in [5, 5.41) is 0.533. The van der Waals surface area contributed by atoms with E-state index in [9.17, 15) is 17.6 Å². The van der Waals surface area contributed by atoms with Gasteiger partial charge in [-0.15, -0.1) is 0 Å². The lowest BCUT2D eigenvalue weighted by molar-refractivity contribution is -0.140. The third-order valence-corrected chi connectivity index (χ3v) is 3.06. The molecule has 2 rings (SSSR count). The monoisotopic (exact) mass is 379 g/mol. The van der Waals surface area contributed by atoms with E-state index in [1.54, 1.807) is 43.3 Å². The predicted octanol–water partition coefficient (Wildman–Crippen LogP) is 4.91. The quantitative estimate of drug-likeness (QED) is 0.271. The molecule has 1 aromatic heterocycles. The normalized spacial score (nSPS) is 11.0. The van der Waals surface area contributed by atoms with E-state index >= 15 is 0 Å². The molecule has 0 amide bonds. The number of allylic oxidation sites excluding steroid dienone is 1. The third kappa shape index (κ3) is 7.92. The summed E-state index contributed by atoms with van der Waals surface area (Å²) in [4.78, 5) is 3.60. The molecule has 7 heteroatoms. The van der Waals surface area contributed by atoms with Crippen molar-refractivity contribution >= 4 is 0 Å². The molecule has 0 unspecified atom stereocenters. The highest BCUT2D eigenvalue weighted by atomic mass is 19.4. The Labute approximate surface area is 156 Å². The van der Waals surface area contributed by atoms with Gasteiger partial charge in [0.25, 0.3) is 0 Å². The topological polar surface area (TPSA) is 42.2 Å². The molecule has 0 aliphatic heterocycles. The number of nitrogens with zero attached hydrogens (tertiary/aromatic N) is 2. The van der Waals surface area contributed by atoms with Crippen LogP contribution >= 0.6 is 0 Å². The molecule has 0 saturated carbocycles. The molecule has 144 valence electrons. The lowest BCUT2D eigenvalue weighted by atomic mass is 10.0. The van der Waals surface area contributed by atoms with Crippen LogP contribution in [0.25, 0.3) is 11.1 Å². The number of hydrogen-bond donors (Lipinski definition) is 1. The standard InChI is InChI=1S/C18H15F4N3.C2H6/c1-13(11-25(23)12-18(20,21)22)7-8-14-4-2-5-15(10-14)16-6-3-9-24-17(16)19;1-2/h2-6,9-11H,12,23H2,1H3;1-2H3/b13-11+;. The molecule has 0 bridgehead atoms. The molecule has 0 saturated heterocycles. The lowest BCUT2D eigenvalue weighted by Gasteiger charge is -2.15. The van der Waals surface area contributed by atoms with Crippen molar-refractivity contribution in [2.24, 2.45) is 5.84 Å². The Kier molecular flexibility index (Phi) is 8.49. The van der Waals surface area contributed by atoms with Gasteiger partial charge in [-0.05, 0) is 36.8 Å². The van der Waals surface area contributed by atoms with Gasteiger partial charge >= 0.3 is 6.18 Å². The van der Waals surface area contributed by atoms with Gasteiger partial charge in [-0.3, -0.25) is 0 Å². The maximum atomic E-state index is 13.7. The second-order valence-corrected chi connectivity index (χ2v) is 5.27. The van der Waals surface area contributed by atoms with Crippen LogP contribution in [0.3, 0.4) is 0 Å². The van der Waals surface area contributed by atoms with Gasteiger partial charge in [0.2, 0.25) is 5.95 Å². The Morgan fingerprint density at radius 3 is 2.56 bits per heavy atom. The molecule has 2 N–H and O–H groups in total. The van der Waals surface area contributed by atoms with Gasteiger partial charge in [0.05, 0.1) is 0 Å². The third-order valence-electron chi connectivity index (χ3n) is 3.06. The second-order valence-electron chi connectivity index (χ2n) is 5.27. The van der Waals surface area contributed by atoms with Crippen LogP contribution in [0, 0.1) is 17.8 Å². The van der Waals surface area contributed by atoms with Gasteiger partial charge in [0.15, 0.2) is 0 Å². The molecule has 0 spiro atoms. The van der Waals surface area contributed by atoms with Crippen molar-refractivity contribution in [3.05, 3.63) is 65.9 Å². The highest BCUT2D eigenvalue weighted by molar-refractivity contribution is 5.65. The number of halogens is 4. The number of pyridine rings is 1. The molecular formula is C20H21F4N3. The molecule has 0 aliphatic carbocycles. The number of aromatic nitrogens is 1. The van der Waals surface area contributed by atoms with Crippen LogP contribution in [0.5, 0.6) is 0 Å². The number of hydrogen-bond acceptors (Lipinski definition) is 3. The van der Waals surface area contributed by atoms with E-state index in [2.05, 4.69) is 16.8 Å². The zero-order valence-electron chi connectivity index (χ0n) is 15.3. The van der Waals surface area contributed by atoms with Gasteiger partial charge in [-0.25, -0.2) is 10.8 Å². The second kappa shape index (κ2) is 10.3. The first-order chi connectivity index (χ1) is 12.7. The molecule has 0 atom stereocenters. The van der Waals surface area contributed by atoms with Gasteiger partial charge in [-0.1, -0.05) is 37.8 Å². The molecule has 3 nitrogen and oxygen atoms in total. The Bertz CT molecular complexity index is 833. The van der Waals surface area contributed by atoms with Crippen LogP contribution in [-0.2, 0) is 0 Å². The summed E-state index contributed by atoms with van der Waals surface area (Å²) in [5.74, 6) is 10.2. The maximum absolute atomic E-state index is 13.7. The van der Waals surface area contributed by atoms with E-state index in [0.717, 1.165) is 6.20 Å². The number of hydrazine groups is 1. The number of rotatable bonds is 3. The van der Waals surface area contributed by atoms with E-state index in [4.69, 9.17) is 5.84 Å². The van der Waals surface area contributed by atoms with Crippen molar-refractivity contribution in [2.75, 3.05) is 6.54 Å². The van der Waals surface area contributed by atoms with Crippen LogP contribution in [0.1, 0.15) is 26.3 Å². The maximum Gasteiger partial charge on any atom is 0.407 e. The van der Waals surface area contributed by atoms with Gasteiger partial charge < -0.3 is 5.01 Å². The Morgan fingerprint density at radius 1 is 1.22 bits per heavy atom. The SMILES string of the molecule is C/C(C#Cc1cccc(-c2cccnc2F)c1)=C\N(N)CC(F)(F)F.CC. The van der Waals surface area contributed by atoms with Crippen LogP contribution in [0.4, 0.5) is 17.6 Å². The lowest BCUT2D eigenvalue weighted by Crippen LogP contribution is -2.35. The van der Waals surface area contributed by atoms with E-state index in [1.807, 2.05) is 13.8 Å². The number of alkyl halides is 3. The minimum atomic E-state index is -4.39. The van der Waals surface area contributed by atoms with Crippen molar-refractivity contribution in [1.82, 2.24) is 9.99 Å². The van der Waals surface area contributed by atoms with Crippen LogP contribution in [-0.4, -0.2) is 22.7 Å². The fourth-order valence-electron chi connectivity index (χ4n) is 2.07. The van der Waals surface area contributed by atoms with Crippen LogP contribution < -0.4 is 5.84 Å². The first kappa shape index (κ1) is 22.2. The minimum Gasteiger partial charge on any atom is -0.308 e. The zero-order valence-corrected chi connectivity index (χ0v) is 15.3. The molecule has 0 aliphatic rings. The summed E-state index contributed by atoms with van der Waals surface area (Å²) in [6, 6.07) is 10.1. The summed E-state index contributed by atoms with van der Waals surface area (Å²) in [7, 11) is 0. The van der Waals surface area contributed by atoms with Gasteiger partial charge in [-0.2, -0.15) is 17.6 Å². The van der Waals surface area contributed by atoms with E-state index in [-0.39, 0.29) is 0 Å². The number of nitrogens with two attached hydrogens (primary N) is 1. The van der Waals surface area contributed by atoms with E-state index in [1.165, 1.54) is 6.20 Å². The molecule has 1 heterocycles. The minimum absolute atomic E-state index is 0.344. The van der Waals surface area contributed by atoms with Gasteiger partial charge in [0.1, 0.15) is 6.54 Å². The molecule has 0 fully saturated rings.